The summed E-state index contributed by atoms with van der Waals surface area (Å²) in [5.74, 6) is 0.513. The van der Waals surface area contributed by atoms with E-state index >= 15 is 0 Å². The SMILES string of the molecule is NCc1cccc(C2CCN(C(=O)c3cccc(OC[C@@]4(c5ccccc5)OB(c5ccc6cc(C(=O)N7CCC(c8cccc(CN)c8)CC7)[nH]c6c5)OC4=O)c3)CC2)c1. The Bertz CT molecular complexity index is 2550. The minimum atomic E-state index is -1.58. The Morgan fingerprint density at radius 3 is 1.97 bits per heavy atom. The third kappa shape index (κ3) is 8.31. The zero-order valence-electron chi connectivity index (χ0n) is 34.1. The van der Waals surface area contributed by atoms with E-state index < -0.39 is 18.7 Å². The predicted molar refractivity (Wildman–Crippen MR) is 235 cm³/mol. The number of aromatic amines is 1. The topological polar surface area (TPSA) is 153 Å². The number of ether oxygens (including phenoxy) is 1. The molecule has 0 aliphatic carbocycles. The Morgan fingerprint density at radius 2 is 1.33 bits per heavy atom. The number of nitrogens with one attached hydrogen (secondary N) is 1. The molecule has 0 radical (unpaired) electrons. The van der Waals surface area contributed by atoms with Crippen molar-refractivity contribution in [3.63, 3.8) is 0 Å². The number of fused-ring (bicyclic) bond motifs is 1. The van der Waals surface area contributed by atoms with E-state index in [0.717, 1.165) is 47.7 Å². The van der Waals surface area contributed by atoms with Gasteiger partial charge in [0.2, 0.25) is 5.60 Å². The van der Waals surface area contributed by atoms with Gasteiger partial charge in [0.05, 0.1) is 0 Å². The van der Waals surface area contributed by atoms with Crippen LogP contribution in [0.4, 0.5) is 0 Å². The van der Waals surface area contributed by atoms with E-state index in [0.29, 0.717) is 79.1 Å². The fourth-order valence-corrected chi connectivity index (χ4v) is 9.10. The highest BCUT2D eigenvalue weighted by atomic mass is 16.7. The summed E-state index contributed by atoms with van der Waals surface area (Å²) in [6.07, 6.45) is 3.52. The van der Waals surface area contributed by atoms with Crippen molar-refractivity contribution in [3.05, 3.63) is 166 Å². The molecule has 9 rings (SSSR count). The maximum atomic E-state index is 14.0. The van der Waals surface area contributed by atoms with Crippen LogP contribution in [0.5, 0.6) is 5.75 Å². The molecule has 0 saturated carbocycles. The second-order valence-corrected chi connectivity index (χ2v) is 16.4. The second kappa shape index (κ2) is 17.4. The Balaban J connectivity index is 0.864. The van der Waals surface area contributed by atoms with E-state index in [1.54, 1.807) is 24.3 Å². The van der Waals surface area contributed by atoms with Gasteiger partial charge < -0.3 is 40.3 Å². The van der Waals surface area contributed by atoms with Crippen LogP contribution in [0, 0.1) is 0 Å². The zero-order valence-corrected chi connectivity index (χ0v) is 34.1. The Labute approximate surface area is 356 Å². The van der Waals surface area contributed by atoms with E-state index in [-0.39, 0.29) is 18.4 Å². The van der Waals surface area contributed by atoms with Gasteiger partial charge in [-0.3, -0.25) is 14.4 Å². The van der Waals surface area contributed by atoms with Crippen molar-refractivity contribution in [2.45, 2.75) is 56.2 Å². The lowest BCUT2D eigenvalue weighted by atomic mass is 9.78. The third-order valence-corrected chi connectivity index (χ3v) is 12.6. The molecular formula is C49H50BN5O6. The first-order chi connectivity index (χ1) is 29.8. The van der Waals surface area contributed by atoms with Crippen LogP contribution in [0.25, 0.3) is 10.9 Å². The lowest BCUT2D eigenvalue weighted by Crippen LogP contribution is -2.41. The van der Waals surface area contributed by atoms with Gasteiger partial charge in [0.1, 0.15) is 18.1 Å². The molecule has 6 aromatic rings. The number of rotatable bonds is 11. The van der Waals surface area contributed by atoms with Gasteiger partial charge in [0.25, 0.3) is 11.8 Å². The van der Waals surface area contributed by atoms with Crippen molar-refractivity contribution in [3.8, 4) is 5.75 Å². The van der Waals surface area contributed by atoms with Gasteiger partial charge in [-0.2, -0.15) is 0 Å². The molecule has 0 unspecified atom stereocenters. The molecule has 1 atom stereocenters. The van der Waals surface area contributed by atoms with Gasteiger partial charge in [-0.05, 0) is 101 Å². The summed E-state index contributed by atoms with van der Waals surface area (Å²) in [4.78, 5) is 48.5. The molecule has 310 valence electrons. The molecule has 2 amide bonds. The Kier molecular flexibility index (Phi) is 11.5. The third-order valence-electron chi connectivity index (χ3n) is 12.6. The predicted octanol–water partition coefficient (Wildman–Crippen LogP) is 6.37. The fourth-order valence-electron chi connectivity index (χ4n) is 9.10. The molecule has 1 aromatic heterocycles. The van der Waals surface area contributed by atoms with Crippen LogP contribution in [0.2, 0.25) is 0 Å². The number of nitrogens with zero attached hydrogens (tertiary/aromatic N) is 2. The number of hydrogen-bond acceptors (Lipinski definition) is 8. The number of nitrogens with two attached hydrogens (primary N) is 2. The highest BCUT2D eigenvalue weighted by Crippen LogP contribution is 2.36. The molecule has 5 aromatic carbocycles. The first-order valence-corrected chi connectivity index (χ1v) is 21.3. The largest absolute Gasteiger partial charge is 0.566 e. The number of carbonyl (C=O) groups is 3. The van der Waals surface area contributed by atoms with Crippen LogP contribution in [-0.4, -0.2) is 72.5 Å². The molecule has 0 bridgehead atoms. The monoisotopic (exact) mass is 815 g/mol. The van der Waals surface area contributed by atoms with Crippen molar-refractivity contribution in [1.82, 2.24) is 14.8 Å². The van der Waals surface area contributed by atoms with Crippen LogP contribution in [-0.2, 0) is 32.8 Å². The lowest BCUT2D eigenvalue weighted by Gasteiger charge is -2.32. The van der Waals surface area contributed by atoms with E-state index in [4.69, 9.17) is 25.5 Å². The number of hydrogen-bond donors (Lipinski definition) is 3. The summed E-state index contributed by atoms with van der Waals surface area (Å²) in [6, 6.07) is 40.5. The minimum Gasteiger partial charge on any atom is -0.503 e. The number of carbonyl (C=O) groups excluding carboxylic acids is 3. The second-order valence-electron chi connectivity index (χ2n) is 16.4. The van der Waals surface area contributed by atoms with Gasteiger partial charge in [0, 0.05) is 55.7 Å². The maximum Gasteiger partial charge on any atom is 0.566 e. The summed E-state index contributed by atoms with van der Waals surface area (Å²) in [5.41, 5.74) is 17.9. The summed E-state index contributed by atoms with van der Waals surface area (Å²) in [7, 11) is -1.03. The average molecular weight is 816 g/mol. The molecule has 11 nitrogen and oxygen atoms in total. The van der Waals surface area contributed by atoms with Gasteiger partial charge in [-0.25, -0.2) is 0 Å². The normalized spacial score (nSPS) is 18.7. The van der Waals surface area contributed by atoms with Crippen molar-refractivity contribution in [2.24, 2.45) is 11.5 Å². The molecule has 3 saturated heterocycles. The van der Waals surface area contributed by atoms with Gasteiger partial charge in [-0.1, -0.05) is 97.1 Å². The average Bonchev–Trinajstić information content (AvgIpc) is 3.92. The van der Waals surface area contributed by atoms with Crippen molar-refractivity contribution in [1.29, 1.82) is 0 Å². The van der Waals surface area contributed by atoms with Gasteiger partial charge >= 0.3 is 13.1 Å². The van der Waals surface area contributed by atoms with E-state index in [1.165, 1.54) is 11.1 Å². The highest BCUT2D eigenvalue weighted by Gasteiger charge is 2.55. The first-order valence-electron chi connectivity index (χ1n) is 21.3. The van der Waals surface area contributed by atoms with E-state index in [2.05, 4.69) is 41.4 Å². The van der Waals surface area contributed by atoms with E-state index in [1.807, 2.05) is 76.5 Å². The van der Waals surface area contributed by atoms with Crippen molar-refractivity contribution in [2.75, 3.05) is 32.8 Å². The van der Waals surface area contributed by atoms with E-state index in [9.17, 15) is 14.4 Å². The molecule has 3 aliphatic heterocycles. The number of aromatic nitrogens is 1. The fraction of sp³-hybridized carbons (Fsp3) is 0.286. The zero-order chi connectivity index (χ0) is 41.9. The molecule has 3 fully saturated rings. The summed E-state index contributed by atoms with van der Waals surface area (Å²) in [6.45, 7) is 3.46. The van der Waals surface area contributed by atoms with Crippen molar-refractivity contribution < 1.29 is 28.4 Å². The quantitative estimate of drug-likeness (QED) is 0.128. The minimum absolute atomic E-state index is 0.0456. The number of H-pyrrole nitrogens is 1. The molecule has 5 N–H and O–H groups in total. The number of benzene rings is 5. The Morgan fingerprint density at radius 1 is 0.705 bits per heavy atom. The number of amides is 2. The molecule has 3 aliphatic rings. The Hall–Kier alpha value is -6.21. The maximum absolute atomic E-state index is 14.0. The summed E-state index contributed by atoms with van der Waals surface area (Å²) in [5, 5.41) is 0.860. The van der Waals surface area contributed by atoms with Crippen LogP contribution in [0.3, 0.4) is 0 Å². The molecule has 0 spiro atoms. The van der Waals surface area contributed by atoms with Crippen molar-refractivity contribution >= 4 is 41.3 Å². The number of piperidine rings is 2. The standard InChI is InChI=1S/C49H50BN5O6/c51-30-33-7-4-9-37(25-33)35-17-21-54(22-18-35)46(56)40-11-6-14-43(27-40)59-32-49(41-12-2-1-3-13-41)48(58)60-50(61-49)42-16-15-39-28-45(53-44(39)29-42)47(57)55-23-19-36(20-24-55)38-10-5-8-34(26-38)31-52/h1-16,25-29,35-36,53H,17-24,30-32,51-52H2/t49-/m0/s1. The molecular weight excluding hydrogens is 765 g/mol. The smallest absolute Gasteiger partial charge is 0.503 e. The number of likely N-dealkylation sites (tertiary alicyclic amines) is 2. The van der Waals surface area contributed by atoms with Crippen LogP contribution >= 0.6 is 0 Å². The molecule has 4 heterocycles. The lowest BCUT2D eigenvalue weighted by molar-refractivity contribution is -0.146. The summed E-state index contributed by atoms with van der Waals surface area (Å²) < 4.78 is 18.8. The first kappa shape index (κ1) is 40.2. The van der Waals surface area contributed by atoms with Crippen LogP contribution in [0.15, 0.2) is 127 Å². The molecule has 61 heavy (non-hydrogen) atoms. The van der Waals surface area contributed by atoms with Gasteiger partial charge in [0.15, 0.2) is 0 Å². The van der Waals surface area contributed by atoms with Crippen LogP contribution < -0.4 is 21.7 Å². The molecule has 12 heteroatoms. The summed E-state index contributed by atoms with van der Waals surface area (Å²) >= 11 is 0. The highest BCUT2D eigenvalue weighted by molar-refractivity contribution is 6.64. The van der Waals surface area contributed by atoms with Gasteiger partial charge in [-0.15, -0.1) is 0 Å². The van der Waals surface area contributed by atoms with Crippen LogP contribution in [0.1, 0.15) is 86.2 Å².